The van der Waals surface area contributed by atoms with Crippen LogP contribution in [0.2, 0.25) is 0 Å². The van der Waals surface area contributed by atoms with Gasteiger partial charge in [-0.05, 0) is 60.9 Å². The van der Waals surface area contributed by atoms with E-state index in [1.807, 2.05) is 30.3 Å². The second-order valence-corrected chi connectivity index (χ2v) is 14.1. The van der Waals surface area contributed by atoms with Crippen LogP contribution in [0.5, 0.6) is 5.75 Å². The number of primary amides is 1. The monoisotopic (exact) mass is 748 g/mol. The molecule has 0 aromatic heterocycles. The highest BCUT2D eigenvalue weighted by Crippen LogP contribution is 2.30. The number of Topliss-reactive ketones (excluding diaryl/α,β-unsaturated/α-hetero) is 1. The van der Waals surface area contributed by atoms with E-state index >= 15 is 0 Å². The minimum atomic E-state index is -1.29. The average molecular weight is 749 g/mol. The third-order valence-electron chi connectivity index (χ3n) is 9.85. The standard InChI is InChI=1S/C39H52N6O9/c1-4-11-29(35(49)38(52)41-21-32(48)44-33(36(40)50)26-16-23(2)17-28(19-26)54-3)42-37(51)30-20-27(46)22-45(30)39(53)34(25-14-9-6-10-15-25)43-31(47)18-24-12-7-5-8-13-24/h5,7-8,12-13,16-17,19,25,27,29-30,33-34,46H,4,6,9-11,14-15,18,20-22H2,1-3H3,(H2,40,50)(H,41,52)(H,42,51)(H,43,47)(H,44,48)/t27-,29?,30+,33?,34+/m1/s1. The molecule has 2 aromatic carbocycles. The van der Waals surface area contributed by atoms with Crippen LogP contribution in [0.25, 0.3) is 0 Å². The molecule has 2 unspecified atom stereocenters. The molecular formula is C39H52N6O9. The van der Waals surface area contributed by atoms with Crippen LogP contribution in [0.15, 0.2) is 48.5 Å². The minimum absolute atomic E-state index is 0.0715. The topological polar surface area (TPSA) is 226 Å². The Labute approximate surface area is 315 Å². The summed E-state index contributed by atoms with van der Waals surface area (Å²) in [6.45, 7) is 2.72. The highest BCUT2D eigenvalue weighted by atomic mass is 16.5. The number of nitrogens with one attached hydrogen (secondary N) is 4. The zero-order valence-electron chi connectivity index (χ0n) is 31.1. The van der Waals surface area contributed by atoms with Gasteiger partial charge in [-0.3, -0.25) is 33.6 Å². The molecule has 1 saturated heterocycles. The maximum absolute atomic E-state index is 14.2. The first-order chi connectivity index (χ1) is 25.8. The molecule has 2 fully saturated rings. The lowest BCUT2D eigenvalue weighted by Crippen LogP contribution is -2.58. The van der Waals surface area contributed by atoms with Crippen LogP contribution in [0, 0.1) is 12.8 Å². The van der Waals surface area contributed by atoms with Crippen LogP contribution in [-0.2, 0) is 40.0 Å². The molecule has 6 amide bonds. The number of amides is 6. The number of hydrogen-bond acceptors (Lipinski definition) is 9. The summed E-state index contributed by atoms with van der Waals surface area (Å²) in [5.74, 6) is -5.06. The quantitative estimate of drug-likeness (QED) is 0.126. The van der Waals surface area contributed by atoms with E-state index in [4.69, 9.17) is 10.5 Å². The number of carbonyl (C=O) groups excluding carboxylic acids is 7. The van der Waals surface area contributed by atoms with Crippen LogP contribution >= 0.6 is 0 Å². The van der Waals surface area contributed by atoms with Crippen molar-refractivity contribution in [3.63, 3.8) is 0 Å². The van der Waals surface area contributed by atoms with Gasteiger partial charge in [-0.15, -0.1) is 0 Å². The molecule has 2 aliphatic rings. The normalized spacial score (nSPS) is 18.8. The maximum Gasteiger partial charge on any atom is 0.290 e. The van der Waals surface area contributed by atoms with Crippen molar-refractivity contribution in [3.05, 3.63) is 65.2 Å². The third kappa shape index (κ3) is 11.3. The SMILES string of the molecule is CCCC(NC(=O)[C@@H]1C[C@@H](O)CN1C(=O)[C@@H](NC(=O)Cc1ccccc1)C1CCCCC1)C(=O)C(=O)NCC(=O)NC(C(N)=O)c1cc(C)cc(OC)c1. The van der Waals surface area contributed by atoms with Crippen LogP contribution in [0.4, 0.5) is 0 Å². The summed E-state index contributed by atoms with van der Waals surface area (Å²) < 4.78 is 5.23. The van der Waals surface area contributed by atoms with Gasteiger partial charge in [-0.2, -0.15) is 0 Å². The summed E-state index contributed by atoms with van der Waals surface area (Å²) in [5.41, 5.74) is 7.44. The lowest BCUT2D eigenvalue weighted by Gasteiger charge is -2.34. The summed E-state index contributed by atoms with van der Waals surface area (Å²) in [6.07, 6.45) is 3.68. The van der Waals surface area contributed by atoms with Crippen molar-refractivity contribution in [2.45, 2.75) is 102 Å². The van der Waals surface area contributed by atoms with E-state index in [0.29, 0.717) is 17.7 Å². The molecule has 54 heavy (non-hydrogen) atoms. The summed E-state index contributed by atoms with van der Waals surface area (Å²) in [5, 5.41) is 20.9. The van der Waals surface area contributed by atoms with E-state index in [-0.39, 0.29) is 37.6 Å². The van der Waals surface area contributed by atoms with E-state index < -0.39 is 72.1 Å². The van der Waals surface area contributed by atoms with Gasteiger partial charge in [-0.25, -0.2) is 0 Å². The first kappa shape index (κ1) is 41.4. The summed E-state index contributed by atoms with van der Waals surface area (Å²) in [6, 6.07) is 9.45. The van der Waals surface area contributed by atoms with E-state index in [2.05, 4.69) is 21.3 Å². The Morgan fingerprint density at radius 3 is 2.30 bits per heavy atom. The van der Waals surface area contributed by atoms with Gasteiger partial charge in [0.15, 0.2) is 0 Å². The molecular weight excluding hydrogens is 696 g/mol. The van der Waals surface area contributed by atoms with E-state index in [9.17, 15) is 38.7 Å². The van der Waals surface area contributed by atoms with Crippen molar-refractivity contribution in [3.8, 4) is 5.75 Å². The van der Waals surface area contributed by atoms with Gasteiger partial charge in [0.25, 0.3) is 5.91 Å². The summed E-state index contributed by atoms with van der Waals surface area (Å²) in [7, 11) is 1.45. The first-order valence-electron chi connectivity index (χ1n) is 18.5. The summed E-state index contributed by atoms with van der Waals surface area (Å²) in [4.78, 5) is 93.6. The number of nitrogens with zero attached hydrogens (tertiary/aromatic N) is 1. The molecule has 2 aromatic rings. The second-order valence-electron chi connectivity index (χ2n) is 14.1. The predicted molar refractivity (Wildman–Crippen MR) is 197 cm³/mol. The summed E-state index contributed by atoms with van der Waals surface area (Å²) >= 11 is 0. The number of carbonyl (C=O) groups is 7. The zero-order chi connectivity index (χ0) is 39.4. The molecule has 15 heteroatoms. The molecule has 1 heterocycles. The molecule has 0 radical (unpaired) electrons. The van der Waals surface area contributed by atoms with Crippen LogP contribution in [0.1, 0.15) is 81.0 Å². The van der Waals surface area contributed by atoms with Gasteiger partial charge >= 0.3 is 0 Å². The van der Waals surface area contributed by atoms with E-state index in [0.717, 1.165) is 43.2 Å². The average Bonchev–Trinajstić information content (AvgIpc) is 3.56. The van der Waals surface area contributed by atoms with Crippen molar-refractivity contribution in [1.29, 1.82) is 0 Å². The van der Waals surface area contributed by atoms with Gasteiger partial charge in [0.2, 0.25) is 35.3 Å². The number of nitrogens with two attached hydrogens (primary N) is 1. The Balaban J connectivity index is 1.40. The van der Waals surface area contributed by atoms with Crippen molar-refractivity contribution >= 4 is 41.2 Å². The van der Waals surface area contributed by atoms with Gasteiger partial charge in [0.05, 0.1) is 32.2 Å². The number of aliphatic hydroxyl groups is 1. The van der Waals surface area contributed by atoms with E-state index in [1.54, 1.807) is 32.0 Å². The number of aryl methyl sites for hydroxylation is 1. The van der Waals surface area contributed by atoms with Crippen molar-refractivity contribution in [2.24, 2.45) is 11.7 Å². The Morgan fingerprint density at radius 2 is 1.65 bits per heavy atom. The van der Waals surface area contributed by atoms with Crippen LogP contribution < -0.4 is 31.7 Å². The Morgan fingerprint density at radius 1 is 0.944 bits per heavy atom. The zero-order valence-corrected chi connectivity index (χ0v) is 31.1. The van der Waals surface area contributed by atoms with Crippen LogP contribution in [-0.4, -0.2) is 95.7 Å². The Hall–Kier alpha value is -5.31. The molecule has 1 aliphatic heterocycles. The fraction of sp³-hybridized carbons (Fsp3) is 0.513. The molecule has 1 saturated carbocycles. The second kappa shape index (κ2) is 19.7. The number of aliphatic hydroxyl groups excluding tert-OH is 1. The molecule has 4 rings (SSSR count). The molecule has 292 valence electrons. The van der Waals surface area contributed by atoms with Gasteiger partial charge < -0.3 is 41.7 Å². The van der Waals surface area contributed by atoms with E-state index in [1.165, 1.54) is 12.0 Å². The number of ether oxygens (including phenoxy) is 1. The lowest BCUT2D eigenvalue weighted by atomic mass is 9.83. The highest BCUT2D eigenvalue weighted by Gasteiger charge is 2.44. The molecule has 7 N–H and O–H groups in total. The number of likely N-dealkylation sites (tertiary alicyclic amines) is 1. The number of benzene rings is 2. The first-order valence-corrected chi connectivity index (χ1v) is 18.5. The molecule has 0 spiro atoms. The lowest BCUT2D eigenvalue weighted by molar-refractivity contribution is -0.144. The number of rotatable bonds is 17. The molecule has 5 atom stereocenters. The number of methoxy groups -OCH3 is 1. The van der Waals surface area contributed by atoms with Gasteiger partial charge in [-0.1, -0.05) is 69.0 Å². The minimum Gasteiger partial charge on any atom is -0.497 e. The fourth-order valence-corrected chi connectivity index (χ4v) is 7.16. The smallest absolute Gasteiger partial charge is 0.290 e. The Bertz CT molecular complexity index is 1680. The fourth-order valence-electron chi connectivity index (χ4n) is 7.16. The van der Waals surface area contributed by atoms with Crippen molar-refractivity contribution < 1.29 is 43.4 Å². The molecule has 0 bridgehead atoms. The maximum atomic E-state index is 14.2. The van der Waals surface area contributed by atoms with Crippen molar-refractivity contribution in [2.75, 3.05) is 20.2 Å². The largest absolute Gasteiger partial charge is 0.497 e. The third-order valence-corrected chi connectivity index (χ3v) is 9.85. The predicted octanol–water partition coefficient (Wildman–Crippen LogP) is 0.886. The van der Waals surface area contributed by atoms with Crippen molar-refractivity contribution in [1.82, 2.24) is 26.2 Å². The number of hydrogen-bond donors (Lipinski definition) is 6. The number of ketones is 1. The molecule has 1 aliphatic carbocycles. The van der Waals surface area contributed by atoms with Gasteiger partial charge in [0, 0.05) is 13.0 Å². The highest BCUT2D eigenvalue weighted by molar-refractivity contribution is 6.38. The van der Waals surface area contributed by atoms with Crippen LogP contribution in [0.3, 0.4) is 0 Å². The Kier molecular flexibility index (Phi) is 15.1. The molecule has 15 nitrogen and oxygen atoms in total. The van der Waals surface area contributed by atoms with Gasteiger partial charge in [0.1, 0.15) is 23.9 Å². The number of β-amino-alcohol motifs (C(OH)–C–C–N with tert-alkyl or cyclic N) is 1.